The molecule has 0 aromatic heterocycles. The lowest BCUT2D eigenvalue weighted by Crippen LogP contribution is -2.63. The number of methoxy groups -OCH3 is 1. The highest BCUT2D eigenvalue weighted by Gasteiger charge is 2.54. The summed E-state index contributed by atoms with van der Waals surface area (Å²) in [6, 6.07) is 54.1. The molecular formula is C54H52O13. The molecule has 346 valence electrons. The Kier molecular flexibility index (Phi) is 16.7. The maximum Gasteiger partial charge on any atom is 0.338 e. The molecule has 0 radical (unpaired) electrons. The molecule has 13 nitrogen and oxygen atoms in total. The van der Waals surface area contributed by atoms with Crippen LogP contribution in [0, 0.1) is 0 Å². The van der Waals surface area contributed by atoms with Crippen LogP contribution in [0.5, 0.6) is 0 Å². The van der Waals surface area contributed by atoms with Gasteiger partial charge >= 0.3 is 17.9 Å². The fraction of sp³-hybridized carbons (Fsp3) is 0.278. The number of ether oxygens (including phenoxy) is 10. The Balaban J connectivity index is 1.11. The standard InChI is InChI=1S/C54H52O13/c1-58-53-49(67-52(57)42-30-18-7-19-31-42)47(66-51(56)41-28-16-6-17-29-41)46(65-50(55)40-26-14-5-15-27-40)44(63-53)36-62-54-48(61-34-39-24-12-4-13-25-39)45(60-33-38-22-10-3-11-23-38)43(64-54)35-59-32-37-20-8-2-9-21-37/h2-31,43-49,53-54H,32-36H2,1H3/t43-,44+,45-,46+,47-,48+,49+,53-,54+/m0/s1. The van der Waals surface area contributed by atoms with Crippen molar-refractivity contribution in [2.75, 3.05) is 20.3 Å². The zero-order valence-corrected chi connectivity index (χ0v) is 36.9. The van der Waals surface area contributed by atoms with E-state index in [4.69, 9.17) is 47.4 Å². The van der Waals surface area contributed by atoms with E-state index < -0.39 is 73.2 Å². The van der Waals surface area contributed by atoms with Gasteiger partial charge in [-0.05, 0) is 53.1 Å². The lowest BCUT2D eigenvalue weighted by molar-refractivity contribution is -0.302. The zero-order chi connectivity index (χ0) is 46.2. The van der Waals surface area contributed by atoms with Gasteiger partial charge in [0.05, 0.1) is 49.7 Å². The van der Waals surface area contributed by atoms with Crippen LogP contribution in [-0.2, 0) is 67.2 Å². The quantitative estimate of drug-likeness (QED) is 0.0537. The van der Waals surface area contributed by atoms with Crippen molar-refractivity contribution in [3.05, 3.63) is 215 Å². The van der Waals surface area contributed by atoms with Gasteiger partial charge in [-0.25, -0.2) is 14.4 Å². The SMILES string of the molecule is CO[C@H]1O[C@H](CO[C@@H]2O[C@@H](COCc3ccccc3)[C@H](OCc3ccccc3)[C@H]2OCc2ccccc2)[C@@H](OC(=O)c2ccccc2)[C@H](OC(=O)c2ccccc2)[C@H]1OC(=O)c1ccccc1. The average Bonchev–Trinajstić information content (AvgIpc) is 3.72. The molecule has 2 aliphatic rings. The predicted molar refractivity (Wildman–Crippen MR) is 243 cm³/mol. The first-order valence-electron chi connectivity index (χ1n) is 22.1. The fourth-order valence-electron chi connectivity index (χ4n) is 7.83. The minimum absolute atomic E-state index is 0.133. The second kappa shape index (κ2) is 23.8. The maximum absolute atomic E-state index is 14.0. The van der Waals surface area contributed by atoms with Crippen molar-refractivity contribution < 1.29 is 61.8 Å². The highest BCUT2D eigenvalue weighted by Crippen LogP contribution is 2.34. The third kappa shape index (κ3) is 12.7. The Hall–Kier alpha value is -6.55. The van der Waals surface area contributed by atoms with Crippen LogP contribution in [0.15, 0.2) is 182 Å². The predicted octanol–water partition coefficient (Wildman–Crippen LogP) is 8.16. The van der Waals surface area contributed by atoms with Crippen molar-refractivity contribution in [2.45, 2.75) is 75.1 Å². The number of rotatable bonds is 20. The Labute approximate surface area is 389 Å². The monoisotopic (exact) mass is 908 g/mol. The van der Waals surface area contributed by atoms with Crippen molar-refractivity contribution in [2.24, 2.45) is 0 Å². The van der Waals surface area contributed by atoms with Crippen LogP contribution >= 0.6 is 0 Å². The normalized spacial score (nSPS) is 23.5. The van der Waals surface area contributed by atoms with E-state index in [0.717, 1.165) is 16.7 Å². The summed E-state index contributed by atoms with van der Waals surface area (Å²) < 4.78 is 63.6. The Morgan fingerprint density at radius 2 is 0.761 bits per heavy atom. The van der Waals surface area contributed by atoms with Gasteiger partial charge in [-0.15, -0.1) is 0 Å². The molecule has 13 heteroatoms. The molecule has 0 N–H and O–H groups in total. The zero-order valence-electron chi connectivity index (χ0n) is 36.9. The van der Waals surface area contributed by atoms with Crippen LogP contribution in [0.25, 0.3) is 0 Å². The minimum atomic E-state index is -1.48. The molecule has 2 saturated heterocycles. The van der Waals surface area contributed by atoms with Crippen LogP contribution in [-0.4, -0.2) is 93.5 Å². The molecule has 67 heavy (non-hydrogen) atoms. The number of esters is 3. The van der Waals surface area contributed by atoms with E-state index >= 15 is 0 Å². The second-order valence-electron chi connectivity index (χ2n) is 15.9. The molecule has 8 rings (SSSR count). The Morgan fingerprint density at radius 3 is 1.22 bits per heavy atom. The van der Waals surface area contributed by atoms with Crippen molar-refractivity contribution in [1.29, 1.82) is 0 Å². The molecule has 6 aromatic carbocycles. The third-order valence-corrected chi connectivity index (χ3v) is 11.2. The maximum atomic E-state index is 14.0. The van der Waals surface area contributed by atoms with Gasteiger partial charge in [-0.2, -0.15) is 0 Å². The van der Waals surface area contributed by atoms with Gasteiger partial charge in [0.1, 0.15) is 24.4 Å². The smallest absolute Gasteiger partial charge is 0.338 e. The van der Waals surface area contributed by atoms with E-state index in [0.29, 0.717) is 6.61 Å². The Morgan fingerprint density at radius 1 is 0.388 bits per heavy atom. The van der Waals surface area contributed by atoms with Gasteiger partial charge in [-0.3, -0.25) is 0 Å². The van der Waals surface area contributed by atoms with Crippen molar-refractivity contribution in [1.82, 2.24) is 0 Å². The van der Waals surface area contributed by atoms with Crippen molar-refractivity contribution in [3.8, 4) is 0 Å². The first-order valence-corrected chi connectivity index (χ1v) is 22.1. The molecule has 0 bridgehead atoms. The minimum Gasteiger partial charge on any atom is -0.452 e. The molecule has 0 saturated carbocycles. The first-order chi connectivity index (χ1) is 32.9. The van der Waals surface area contributed by atoms with Gasteiger partial charge in [0.25, 0.3) is 0 Å². The molecule has 2 aliphatic heterocycles. The Bertz CT molecular complexity index is 2430. The van der Waals surface area contributed by atoms with Gasteiger partial charge in [0, 0.05) is 7.11 Å². The molecule has 0 unspecified atom stereocenters. The van der Waals surface area contributed by atoms with Crippen LogP contribution in [0.2, 0.25) is 0 Å². The first kappa shape index (κ1) is 47.0. The van der Waals surface area contributed by atoms with Crippen molar-refractivity contribution >= 4 is 17.9 Å². The van der Waals surface area contributed by atoms with Crippen LogP contribution in [0.3, 0.4) is 0 Å². The number of hydrogen-bond donors (Lipinski definition) is 0. The lowest BCUT2D eigenvalue weighted by atomic mass is 9.97. The summed E-state index contributed by atoms with van der Waals surface area (Å²) in [5.74, 6) is -2.27. The van der Waals surface area contributed by atoms with Gasteiger partial charge < -0.3 is 47.4 Å². The molecular weight excluding hydrogens is 857 g/mol. The lowest BCUT2D eigenvalue weighted by Gasteiger charge is -2.44. The van der Waals surface area contributed by atoms with Crippen LogP contribution in [0.1, 0.15) is 47.8 Å². The summed E-state index contributed by atoms with van der Waals surface area (Å²) in [7, 11) is 1.36. The van der Waals surface area contributed by atoms with E-state index in [1.807, 2.05) is 91.0 Å². The third-order valence-electron chi connectivity index (χ3n) is 11.2. The van der Waals surface area contributed by atoms with Gasteiger partial charge in [-0.1, -0.05) is 146 Å². The highest BCUT2D eigenvalue weighted by molar-refractivity contribution is 5.91. The van der Waals surface area contributed by atoms with E-state index in [1.165, 1.54) is 7.11 Å². The van der Waals surface area contributed by atoms with Crippen molar-refractivity contribution in [3.63, 3.8) is 0 Å². The summed E-state index contributed by atoms with van der Waals surface area (Å²) in [5.41, 5.74) is 3.49. The summed E-state index contributed by atoms with van der Waals surface area (Å²) in [6.07, 6.45) is -10.1. The molecule has 0 amide bonds. The number of carbonyl (C=O) groups is 3. The largest absolute Gasteiger partial charge is 0.452 e. The van der Waals surface area contributed by atoms with Crippen LogP contribution in [0.4, 0.5) is 0 Å². The number of benzene rings is 6. The summed E-state index contributed by atoms with van der Waals surface area (Å²) in [5, 5.41) is 0. The highest BCUT2D eigenvalue weighted by atomic mass is 16.8. The topological polar surface area (TPSA) is 144 Å². The van der Waals surface area contributed by atoms with Gasteiger partial charge in [0.15, 0.2) is 30.9 Å². The molecule has 6 aromatic rings. The van der Waals surface area contributed by atoms with E-state index in [9.17, 15) is 14.4 Å². The average molecular weight is 909 g/mol. The molecule has 0 spiro atoms. The van der Waals surface area contributed by atoms with E-state index in [-0.39, 0.29) is 43.1 Å². The molecule has 2 fully saturated rings. The van der Waals surface area contributed by atoms with E-state index in [2.05, 4.69) is 0 Å². The molecule has 2 heterocycles. The second-order valence-corrected chi connectivity index (χ2v) is 15.9. The summed E-state index contributed by atoms with van der Waals surface area (Å²) >= 11 is 0. The summed E-state index contributed by atoms with van der Waals surface area (Å²) in [4.78, 5) is 41.7. The fourth-order valence-corrected chi connectivity index (χ4v) is 7.83. The van der Waals surface area contributed by atoms with Gasteiger partial charge in [0.2, 0.25) is 0 Å². The van der Waals surface area contributed by atoms with Crippen LogP contribution < -0.4 is 0 Å². The number of carbonyl (C=O) groups excluding carboxylic acids is 3. The number of hydrogen-bond acceptors (Lipinski definition) is 13. The van der Waals surface area contributed by atoms with E-state index in [1.54, 1.807) is 91.0 Å². The molecule has 9 atom stereocenters. The summed E-state index contributed by atoms with van der Waals surface area (Å²) in [6.45, 7) is 0.596. The molecule has 0 aliphatic carbocycles.